The molecular weight excluding hydrogens is 280 g/mol. The summed E-state index contributed by atoms with van der Waals surface area (Å²) in [6.45, 7) is 4.59. The number of nitrogens with zero attached hydrogens (tertiary/aromatic N) is 1. The van der Waals surface area contributed by atoms with Gasteiger partial charge in [-0.25, -0.2) is 4.79 Å². The van der Waals surface area contributed by atoms with Gasteiger partial charge < -0.3 is 16.4 Å². The molecular formula is C13H19ClN4O2. The number of anilines is 2. The zero-order valence-corrected chi connectivity index (χ0v) is 12.3. The van der Waals surface area contributed by atoms with Gasteiger partial charge >= 0.3 is 6.03 Å². The predicted octanol–water partition coefficient (Wildman–Crippen LogP) is 1.31. The minimum Gasteiger partial charge on any atom is -0.336 e. The average molecular weight is 299 g/mol. The molecule has 110 valence electrons. The number of rotatable bonds is 3. The van der Waals surface area contributed by atoms with Crippen molar-refractivity contribution in [1.82, 2.24) is 5.32 Å². The Morgan fingerprint density at radius 1 is 1.35 bits per heavy atom. The smallest absolute Gasteiger partial charge is 0.321 e. The Morgan fingerprint density at radius 2 is 1.95 bits per heavy atom. The van der Waals surface area contributed by atoms with Crippen molar-refractivity contribution < 1.29 is 9.59 Å². The lowest BCUT2D eigenvalue weighted by Crippen LogP contribution is -2.45. The lowest BCUT2D eigenvalue weighted by Gasteiger charge is -2.18. The SMILES string of the molecule is CC(C)(N)C(=O)Nc1ccc(N2CCNC2=O)cc1.Cl. The lowest BCUT2D eigenvalue weighted by molar-refractivity contribution is -0.120. The van der Waals surface area contributed by atoms with E-state index >= 15 is 0 Å². The number of hydrogen-bond acceptors (Lipinski definition) is 3. The fraction of sp³-hybridized carbons (Fsp3) is 0.385. The van der Waals surface area contributed by atoms with Crippen LogP contribution in [-0.4, -0.2) is 30.6 Å². The lowest BCUT2D eigenvalue weighted by atomic mass is 10.1. The van der Waals surface area contributed by atoms with Crippen LogP contribution in [0.5, 0.6) is 0 Å². The summed E-state index contributed by atoms with van der Waals surface area (Å²) in [4.78, 5) is 24.9. The molecule has 4 N–H and O–H groups in total. The Balaban J connectivity index is 0.00000200. The normalized spacial score (nSPS) is 14.6. The molecule has 1 fully saturated rings. The Kier molecular flexibility index (Phi) is 4.97. The van der Waals surface area contributed by atoms with Crippen LogP contribution in [0.4, 0.5) is 16.2 Å². The largest absolute Gasteiger partial charge is 0.336 e. The number of carbonyl (C=O) groups excluding carboxylic acids is 2. The van der Waals surface area contributed by atoms with Crippen molar-refractivity contribution >= 4 is 35.7 Å². The molecule has 0 atom stereocenters. The second-order valence-corrected chi connectivity index (χ2v) is 5.11. The van der Waals surface area contributed by atoms with E-state index in [2.05, 4.69) is 10.6 Å². The van der Waals surface area contributed by atoms with Crippen LogP contribution in [0, 0.1) is 0 Å². The monoisotopic (exact) mass is 298 g/mol. The van der Waals surface area contributed by atoms with E-state index in [1.165, 1.54) is 0 Å². The quantitative estimate of drug-likeness (QED) is 0.786. The number of nitrogens with one attached hydrogen (secondary N) is 2. The fourth-order valence-electron chi connectivity index (χ4n) is 1.73. The van der Waals surface area contributed by atoms with Gasteiger partial charge in [0.15, 0.2) is 0 Å². The molecule has 6 nitrogen and oxygen atoms in total. The molecule has 0 aliphatic carbocycles. The maximum Gasteiger partial charge on any atom is 0.321 e. The van der Waals surface area contributed by atoms with Crippen LogP contribution in [0.25, 0.3) is 0 Å². The number of amides is 3. The highest BCUT2D eigenvalue weighted by Gasteiger charge is 2.23. The minimum absolute atomic E-state index is 0. The van der Waals surface area contributed by atoms with Crippen molar-refractivity contribution in [3.05, 3.63) is 24.3 Å². The van der Waals surface area contributed by atoms with Crippen LogP contribution < -0.4 is 21.3 Å². The molecule has 0 bridgehead atoms. The zero-order chi connectivity index (χ0) is 14.0. The molecule has 1 aliphatic heterocycles. The van der Waals surface area contributed by atoms with Gasteiger partial charge in [-0.15, -0.1) is 12.4 Å². The number of hydrogen-bond donors (Lipinski definition) is 3. The maximum absolute atomic E-state index is 11.7. The summed E-state index contributed by atoms with van der Waals surface area (Å²) in [6.07, 6.45) is 0. The van der Waals surface area contributed by atoms with E-state index in [1.807, 2.05) is 0 Å². The van der Waals surface area contributed by atoms with Crippen molar-refractivity contribution in [2.24, 2.45) is 5.73 Å². The van der Waals surface area contributed by atoms with E-state index in [0.29, 0.717) is 18.8 Å². The molecule has 3 amide bonds. The summed E-state index contributed by atoms with van der Waals surface area (Å²) in [5, 5.41) is 5.46. The van der Waals surface area contributed by atoms with E-state index in [-0.39, 0.29) is 24.3 Å². The number of carbonyl (C=O) groups is 2. The van der Waals surface area contributed by atoms with Gasteiger partial charge in [0.1, 0.15) is 0 Å². The van der Waals surface area contributed by atoms with Gasteiger partial charge in [-0.3, -0.25) is 9.69 Å². The molecule has 20 heavy (non-hydrogen) atoms. The maximum atomic E-state index is 11.7. The molecule has 1 heterocycles. The minimum atomic E-state index is -0.923. The van der Waals surface area contributed by atoms with Crippen LogP contribution >= 0.6 is 12.4 Å². The molecule has 0 radical (unpaired) electrons. The van der Waals surface area contributed by atoms with Crippen molar-refractivity contribution in [3.8, 4) is 0 Å². The molecule has 0 saturated carbocycles. The third kappa shape index (κ3) is 3.61. The van der Waals surface area contributed by atoms with Crippen molar-refractivity contribution in [3.63, 3.8) is 0 Å². The van der Waals surface area contributed by atoms with Crippen LogP contribution in [0.3, 0.4) is 0 Å². The fourth-order valence-corrected chi connectivity index (χ4v) is 1.73. The van der Waals surface area contributed by atoms with E-state index in [4.69, 9.17) is 5.73 Å². The Morgan fingerprint density at radius 3 is 2.40 bits per heavy atom. The summed E-state index contributed by atoms with van der Waals surface area (Å²) in [5.74, 6) is -0.251. The molecule has 0 aromatic heterocycles. The molecule has 1 aromatic carbocycles. The van der Waals surface area contributed by atoms with Crippen LogP contribution in [0.2, 0.25) is 0 Å². The molecule has 7 heteroatoms. The third-order valence-corrected chi connectivity index (χ3v) is 2.88. The highest BCUT2D eigenvalue weighted by Crippen LogP contribution is 2.19. The van der Waals surface area contributed by atoms with Gasteiger partial charge in [0, 0.05) is 24.5 Å². The Hall–Kier alpha value is -1.79. The first-order chi connectivity index (χ1) is 8.88. The van der Waals surface area contributed by atoms with Gasteiger partial charge in [-0.2, -0.15) is 0 Å². The number of nitrogens with two attached hydrogens (primary N) is 1. The van der Waals surface area contributed by atoms with Gasteiger partial charge in [0.05, 0.1) is 5.54 Å². The second-order valence-electron chi connectivity index (χ2n) is 5.11. The van der Waals surface area contributed by atoms with Gasteiger partial charge in [0.2, 0.25) is 5.91 Å². The molecule has 0 unspecified atom stereocenters. The average Bonchev–Trinajstić information content (AvgIpc) is 2.75. The highest BCUT2D eigenvalue weighted by atomic mass is 35.5. The van der Waals surface area contributed by atoms with E-state index in [1.54, 1.807) is 43.0 Å². The van der Waals surface area contributed by atoms with Crippen LogP contribution in [0.15, 0.2) is 24.3 Å². The first kappa shape index (κ1) is 16.3. The highest BCUT2D eigenvalue weighted by molar-refractivity contribution is 5.98. The summed E-state index contributed by atoms with van der Waals surface area (Å²) in [5.41, 5.74) is 6.24. The van der Waals surface area contributed by atoms with Gasteiger partial charge in [-0.05, 0) is 38.1 Å². The molecule has 1 aliphatic rings. The third-order valence-electron chi connectivity index (χ3n) is 2.88. The summed E-state index contributed by atoms with van der Waals surface area (Å²) >= 11 is 0. The summed E-state index contributed by atoms with van der Waals surface area (Å²) in [6, 6.07) is 7.00. The number of urea groups is 1. The second kappa shape index (κ2) is 6.11. The zero-order valence-electron chi connectivity index (χ0n) is 11.5. The first-order valence-electron chi connectivity index (χ1n) is 6.14. The first-order valence-corrected chi connectivity index (χ1v) is 6.14. The molecule has 0 spiro atoms. The Bertz CT molecular complexity index is 496. The summed E-state index contributed by atoms with van der Waals surface area (Å²) < 4.78 is 0. The van der Waals surface area contributed by atoms with Crippen LogP contribution in [0.1, 0.15) is 13.8 Å². The standard InChI is InChI=1S/C13H18N4O2.ClH/c1-13(2,14)11(18)16-9-3-5-10(6-4-9)17-8-7-15-12(17)19;/h3-6H,7-8,14H2,1-2H3,(H,15,19)(H,16,18);1H. The molecule has 1 aromatic rings. The number of halogens is 1. The predicted molar refractivity (Wildman–Crippen MR) is 81.3 cm³/mol. The van der Waals surface area contributed by atoms with E-state index in [9.17, 15) is 9.59 Å². The van der Waals surface area contributed by atoms with E-state index < -0.39 is 5.54 Å². The van der Waals surface area contributed by atoms with Gasteiger partial charge in [0.25, 0.3) is 0 Å². The molecule has 1 saturated heterocycles. The van der Waals surface area contributed by atoms with Crippen molar-refractivity contribution in [2.75, 3.05) is 23.3 Å². The number of benzene rings is 1. The molecule has 2 rings (SSSR count). The summed E-state index contributed by atoms with van der Waals surface area (Å²) in [7, 11) is 0. The van der Waals surface area contributed by atoms with Crippen molar-refractivity contribution in [2.45, 2.75) is 19.4 Å². The topological polar surface area (TPSA) is 87.5 Å². The van der Waals surface area contributed by atoms with Gasteiger partial charge in [-0.1, -0.05) is 0 Å². The van der Waals surface area contributed by atoms with Crippen molar-refractivity contribution in [1.29, 1.82) is 0 Å². The van der Waals surface area contributed by atoms with E-state index in [0.717, 1.165) is 5.69 Å². The Labute approximate surface area is 124 Å². The van der Waals surface area contributed by atoms with Crippen LogP contribution in [-0.2, 0) is 4.79 Å².